The summed E-state index contributed by atoms with van der Waals surface area (Å²) in [5, 5.41) is 2.67. The van der Waals surface area contributed by atoms with Gasteiger partial charge in [0, 0.05) is 45.5 Å². The van der Waals surface area contributed by atoms with Crippen molar-refractivity contribution in [3.8, 4) is 0 Å². The third-order valence-corrected chi connectivity index (χ3v) is 6.27. The molecule has 1 fully saturated rings. The fourth-order valence-corrected chi connectivity index (χ4v) is 4.03. The molecular weight excluding hydrogens is 397 g/mol. The van der Waals surface area contributed by atoms with Crippen molar-refractivity contribution in [3.05, 3.63) is 41.9 Å². The van der Waals surface area contributed by atoms with Gasteiger partial charge in [0.1, 0.15) is 5.82 Å². The molecule has 1 saturated heterocycles. The summed E-state index contributed by atoms with van der Waals surface area (Å²) < 4.78 is 65.5. The third kappa shape index (κ3) is 4.39. The second-order valence-corrected chi connectivity index (χ2v) is 8.63. The molecule has 1 aliphatic rings. The number of hydrogen-bond donors (Lipinski definition) is 1. The van der Waals surface area contributed by atoms with Crippen molar-refractivity contribution in [2.24, 2.45) is 0 Å². The van der Waals surface area contributed by atoms with Crippen molar-refractivity contribution >= 4 is 22.0 Å². The van der Waals surface area contributed by atoms with Crippen LogP contribution >= 0.6 is 0 Å². The van der Waals surface area contributed by atoms with Gasteiger partial charge in [-0.15, -0.1) is 0 Å². The summed E-state index contributed by atoms with van der Waals surface area (Å²) in [4.78, 5) is 12.2. The lowest BCUT2D eigenvalue weighted by molar-refractivity contribution is -0.137. The van der Waals surface area contributed by atoms with Crippen LogP contribution in [0.2, 0.25) is 0 Å². The summed E-state index contributed by atoms with van der Waals surface area (Å²) in [5.74, 6) is -0.0683. The maximum atomic E-state index is 12.8. The van der Waals surface area contributed by atoms with Crippen molar-refractivity contribution < 1.29 is 21.6 Å². The van der Waals surface area contributed by atoms with E-state index in [0.29, 0.717) is 18.7 Å². The molecule has 0 aliphatic carbocycles. The Kier molecular flexibility index (Phi) is 5.55. The molecule has 0 spiro atoms. The molecule has 1 N–H and O–H groups in total. The van der Waals surface area contributed by atoms with Gasteiger partial charge in [0.05, 0.1) is 11.3 Å². The molecule has 1 unspecified atom stereocenters. The molecule has 2 aromatic rings. The lowest BCUT2D eigenvalue weighted by atomic mass is 10.1. The first-order valence-corrected chi connectivity index (χ1v) is 9.78. The van der Waals surface area contributed by atoms with E-state index >= 15 is 0 Å². The highest BCUT2D eigenvalue weighted by molar-refractivity contribution is 7.86. The van der Waals surface area contributed by atoms with E-state index in [1.807, 2.05) is 0 Å². The van der Waals surface area contributed by atoms with Crippen molar-refractivity contribution in [1.82, 2.24) is 23.6 Å². The Labute approximate surface area is 160 Å². The van der Waals surface area contributed by atoms with Crippen LogP contribution in [0.3, 0.4) is 0 Å². The van der Waals surface area contributed by atoms with Gasteiger partial charge in [0.25, 0.3) is 10.2 Å². The summed E-state index contributed by atoms with van der Waals surface area (Å²) in [7, 11) is -0.565. The average Bonchev–Trinajstić information content (AvgIpc) is 3.12. The fourth-order valence-electron chi connectivity index (χ4n) is 2.86. The normalized spacial score (nSPS) is 18.6. The zero-order chi connectivity index (χ0) is 20.5. The summed E-state index contributed by atoms with van der Waals surface area (Å²) in [5.41, 5.74) is -0.220. The molecule has 0 aromatic carbocycles. The smallest absolute Gasteiger partial charge is 0.309 e. The molecule has 1 atom stereocenters. The van der Waals surface area contributed by atoms with Gasteiger partial charge in [-0.1, -0.05) is 0 Å². The SMILES string of the molecule is CN(C)S(=O)(=O)N1CCC(c2ccnc(Nc3cc(C(F)(F)F)ccn3)n2)C1. The first kappa shape index (κ1) is 20.4. The molecule has 8 nitrogen and oxygen atoms in total. The number of nitrogens with zero attached hydrogens (tertiary/aromatic N) is 5. The molecule has 0 amide bonds. The van der Waals surface area contributed by atoms with Gasteiger partial charge in [-0.3, -0.25) is 0 Å². The number of rotatable bonds is 5. The molecule has 0 saturated carbocycles. The van der Waals surface area contributed by atoms with E-state index in [9.17, 15) is 21.6 Å². The van der Waals surface area contributed by atoms with Gasteiger partial charge in [-0.25, -0.2) is 15.0 Å². The van der Waals surface area contributed by atoms with Crippen LogP contribution in [0.15, 0.2) is 30.6 Å². The Hall–Kier alpha value is -2.31. The monoisotopic (exact) mass is 416 g/mol. The number of pyridine rings is 1. The van der Waals surface area contributed by atoms with Crippen LogP contribution in [0.1, 0.15) is 23.6 Å². The fraction of sp³-hybridized carbons (Fsp3) is 0.438. The largest absolute Gasteiger partial charge is 0.416 e. The highest BCUT2D eigenvalue weighted by Crippen LogP contribution is 2.31. The molecule has 0 radical (unpaired) electrons. The van der Waals surface area contributed by atoms with E-state index in [-0.39, 0.29) is 24.2 Å². The van der Waals surface area contributed by atoms with Gasteiger partial charge in [0.15, 0.2) is 0 Å². The van der Waals surface area contributed by atoms with E-state index < -0.39 is 21.9 Å². The molecule has 2 aromatic heterocycles. The highest BCUT2D eigenvalue weighted by Gasteiger charge is 2.34. The molecule has 152 valence electrons. The van der Waals surface area contributed by atoms with Gasteiger partial charge in [-0.05, 0) is 24.6 Å². The van der Waals surface area contributed by atoms with E-state index in [2.05, 4.69) is 20.3 Å². The van der Waals surface area contributed by atoms with Gasteiger partial charge >= 0.3 is 6.18 Å². The summed E-state index contributed by atoms with van der Waals surface area (Å²) in [6.45, 7) is 0.645. The van der Waals surface area contributed by atoms with Crippen molar-refractivity contribution in [1.29, 1.82) is 0 Å². The van der Waals surface area contributed by atoms with Crippen LogP contribution < -0.4 is 5.32 Å². The van der Waals surface area contributed by atoms with E-state index in [1.165, 1.54) is 24.6 Å². The molecule has 3 heterocycles. The zero-order valence-electron chi connectivity index (χ0n) is 15.2. The molecule has 28 heavy (non-hydrogen) atoms. The number of nitrogens with one attached hydrogen (secondary N) is 1. The minimum Gasteiger partial charge on any atom is -0.309 e. The first-order valence-electron chi connectivity index (χ1n) is 8.38. The predicted molar refractivity (Wildman–Crippen MR) is 96.1 cm³/mol. The minimum absolute atomic E-state index is 0.0322. The zero-order valence-corrected chi connectivity index (χ0v) is 16.0. The Morgan fingerprint density at radius 1 is 1.21 bits per heavy atom. The Morgan fingerprint density at radius 2 is 1.93 bits per heavy atom. The molecule has 1 aliphatic heterocycles. The van der Waals surface area contributed by atoms with Crippen LogP contribution in [0.4, 0.5) is 24.9 Å². The Morgan fingerprint density at radius 3 is 2.61 bits per heavy atom. The van der Waals surface area contributed by atoms with Crippen LogP contribution in [0, 0.1) is 0 Å². The van der Waals surface area contributed by atoms with E-state index in [4.69, 9.17) is 0 Å². The van der Waals surface area contributed by atoms with Crippen LogP contribution in [0.25, 0.3) is 0 Å². The lowest BCUT2D eigenvalue weighted by Gasteiger charge is -2.20. The lowest BCUT2D eigenvalue weighted by Crippen LogP contribution is -2.38. The summed E-state index contributed by atoms with van der Waals surface area (Å²) >= 11 is 0. The minimum atomic E-state index is -4.48. The third-order valence-electron chi connectivity index (χ3n) is 4.36. The topological polar surface area (TPSA) is 91.3 Å². The van der Waals surface area contributed by atoms with Gasteiger partial charge in [-0.2, -0.15) is 30.2 Å². The number of aromatic nitrogens is 3. The number of halogens is 3. The quantitative estimate of drug-likeness (QED) is 0.804. The second kappa shape index (κ2) is 7.60. The molecule has 12 heteroatoms. The highest BCUT2D eigenvalue weighted by atomic mass is 32.2. The van der Waals surface area contributed by atoms with Crippen LogP contribution in [-0.2, 0) is 16.4 Å². The first-order chi connectivity index (χ1) is 13.1. The van der Waals surface area contributed by atoms with Crippen molar-refractivity contribution in [2.75, 3.05) is 32.5 Å². The second-order valence-electron chi connectivity index (χ2n) is 6.49. The van der Waals surface area contributed by atoms with Gasteiger partial charge < -0.3 is 5.32 Å². The van der Waals surface area contributed by atoms with Crippen LogP contribution in [-0.4, -0.2) is 59.2 Å². The maximum Gasteiger partial charge on any atom is 0.416 e. The van der Waals surface area contributed by atoms with Crippen molar-refractivity contribution in [3.63, 3.8) is 0 Å². The molecular formula is C16H19F3N6O2S. The predicted octanol–water partition coefficient (Wildman–Crippen LogP) is 2.23. The van der Waals surface area contributed by atoms with Crippen LogP contribution in [0.5, 0.6) is 0 Å². The summed E-state index contributed by atoms with van der Waals surface area (Å²) in [6, 6.07) is 3.42. The number of alkyl halides is 3. The molecule has 0 bridgehead atoms. The van der Waals surface area contributed by atoms with Gasteiger partial charge in [0.2, 0.25) is 5.95 Å². The number of anilines is 2. The standard InChI is InChI=1S/C16H19F3N6O2S/c1-24(2)28(26,27)25-8-5-11(10-25)13-4-7-21-15(22-13)23-14-9-12(3-6-20-14)16(17,18)19/h3-4,6-7,9,11H,5,8,10H2,1-2H3,(H,20,21,22,23). The number of hydrogen-bond acceptors (Lipinski definition) is 6. The Bertz CT molecular complexity index is 951. The maximum absolute atomic E-state index is 12.8. The van der Waals surface area contributed by atoms with E-state index in [0.717, 1.165) is 22.6 Å². The van der Waals surface area contributed by atoms with E-state index in [1.54, 1.807) is 6.07 Å². The average molecular weight is 416 g/mol. The van der Waals surface area contributed by atoms with Crippen molar-refractivity contribution in [2.45, 2.75) is 18.5 Å². The molecule has 3 rings (SSSR count). The summed E-state index contributed by atoms with van der Waals surface area (Å²) in [6.07, 6.45) is -1.37. The Balaban J connectivity index is 1.75.